The molecule has 0 aromatic rings. The molecular formula is C13H27N3O5S2. The van der Waals surface area contributed by atoms with Crippen molar-refractivity contribution >= 4 is 25.8 Å². The van der Waals surface area contributed by atoms with E-state index in [1.54, 1.807) is 0 Å². The van der Waals surface area contributed by atoms with E-state index in [0.717, 1.165) is 23.5 Å². The smallest absolute Gasteiger partial charge is 0.221 e. The van der Waals surface area contributed by atoms with Gasteiger partial charge in [-0.2, -0.15) is 4.31 Å². The van der Waals surface area contributed by atoms with E-state index in [4.69, 9.17) is 0 Å². The largest absolute Gasteiger partial charge is 0.356 e. The number of hydrogen-bond donors (Lipinski definition) is 1. The van der Waals surface area contributed by atoms with Crippen LogP contribution < -0.4 is 5.32 Å². The second-order valence-electron chi connectivity index (χ2n) is 6.19. The van der Waals surface area contributed by atoms with Crippen LogP contribution in [0.5, 0.6) is 0 Å². The number of sulfone groups is 1. The summed E-state index contributed by atoms with van der Waals surface area (Å²) >= 11 is 0. The molecule has 1 N–H and O–H groups in total. The first-order chi connectivity index (χ1) is 10.5. The van der Waals surface area contributed by atoms with Gasteiger partial charge in [0.05, 0.1) is 17.8 Å². The molecule has 1 amide bonds. The molecule has 10 heteroatoms. The van der Waals surface area contributed by atoms with Crippen molar-refractivity contribution in [3.8, 4) is 0 Å². The first-order valence-electron chi connectivity index (χ1n) is 7.60. The number of amides is 1. The molecule has 0 aromatic carbocycles. The summed E-state index contributed by atoms with van der Waals surface area (Å²) in [7, 11) is -2.83. The molecule has 1 fully saturated rings. The maximum atomic E-state index is 11.9. The van der Waals surface area contributed by atoms with Crippen LogP contribution in [0.2, 0.25) is 0 Å². The lowest BCUT2D eigenvalue weighted by molar-refractivity contribution is -0.121. The molecule has 0 saturated carbocycles. The molecule has 1 aliphatic rings. The fourth-order valence-corrected chi connectivity index (χ4v) is 5.51. The molecular weight excluding hydrogens is 342 g/mol. The van der Waals surface area contributed by atoms with Gasteiger partial charge in [-0.15, -0.1) is 0 Å². The minimum atomic E-state index is -3.55. The summed E-state index contributed by atoms with van der Waals surface area (Å²) in [4.78, 5) is 13.8. The molecule has 136 valence electrons. The lowest BCUT2D eigenvalue weighted by Crippen LogP contribution is -2.42. The summed E-state index contributed by atoms with van der Waals surface area (Å²) in [6.07, 6.45) is 2.19. The lowest BCUT2D eigenvalue weighted by Gasteiger charge is -2.25. The Morgan fingerprint density at radius 1 is 1.26 bits per heavy atom. The van der Waals surface area contributed by atoms with Gasteiger partial charge in [0, 0.05) is 25.6 Å². The number of carbonyl (C=O) groups is 1. The van der Waals surface area contributed by atoms with Gasteiger partial charge in [-0.05, 0) is 33.5 Å². The first-order valence-corrected chi connectivity index (χ1v) is 11.3. The first kappa shape index (κ1) is 20.3. The van der Waals surface area contributed by atoms with E-state index in [9.17, 15) is 21.6 Å². The van der Waals surface area contributed by atoms with Gasteiger partial charge in [0.1, 0.15) is 0 Å². The van der Waals surface area contributed by atoms with E-state index in [-0.39, 0.29) is 30.4 Å². The quantitative estimate of drug-likeness (QED) is 0.517. The molecule has 0 radical (unpaired) electrons. The van der Waals surface area contributed by atoms with Gasteiger partial charge in [-0.3, -0.25) is 4.79 Å². The molecule has 1 rings (SSSR count). The fourth-order valence-electron chi connectivity index (χ4n) is 2.54. The van der Waals surface area contributed by atoms with Crippen molar-refractivity contribution in [1.29, 1.82) is 0 Å². The predicted molar refractivity (Wildman–Crippen MR) is 89.4 cm³/mol. The van der Waals surface area contributed by atoms with Gasteiger partial charge in [-0.25, -0.2) is 16.8 Å². The van der Waals surface area contributed by atoms with Crippen LogP contribution in [0.1, 0.15) is 19.3 Å². The molecule has 0 spiro atoms. The molecule has 0 bridgehead atoms. The second kappa shape index (κ2) is 8.41. The average molecular weight is 370 g/mol. The Balaban J connectivity index is 2.48. The molecule has 8 nitrogen and oxygen atoms in total. The summed E-state index contributed by atoms with van der Waals surface area (Å²) < 4.78 is 48.0. The standard InChI is InChI=1S/C13H27N3O5S2/c1-15(2)8-4-7-14-13(17)5-9-16(22(3,18)19)12-6-10-23(20,21)11-12/h12H,4-11H2,1-3H3,(H,14,17). The summed E-state index contributed by atoms with van der Waals surface area (Å²) in [5.41, 5.74) is 0. The van der Waals surface area contributed by atoms with Crippen molar-refractivity contribution in [2.24, 2.45) is 0 Å². The highest BCUT2D eigenvalue weighted by molar-refractivity contribution is 7.92. The van der Waals surface area contributed by atoms with E-state index >= 15 is 0 Å². The van der Waals surface area contributed by atoms with E-state index in [1.165, 1.54) is 0 Å². The normalized spacial score (nSPS) is 21.0. The number of nitrogens with zero attached hydrogens (tertiary/aromatic N) is 2. The minimum Gasteiger partial charge on any atom is -0.356 e. The van der Waals surface area contributed by atoms with Crippen molar-refractivity contribution in [2.45, 2.75) is 25.3 Å². The van der Waals surface area contributed by atoms with E-state index in [0.29, 0.717) is 13.0 Å². The molecule has 1 unspecified atom stereocenters. The maximum Gasteiger partial charge on any atom is 0.221 e. The Kier molecular flexibility index (Phi) is 7.43. The van der Waals surface area contributed by atoms with E-state index < -0.39 is 25.9 Å². The molecule has 0 aliphatic carbocycles. The summed E-state index contributed by atoms with van der Waals surface area (Å²) in [5.74, 6) is -0.386. The minimum absolute atomic E-state index is 0.000415. The highest BCUT2D eigenvalue weighted by atomic mass is 32.2. The van der Waals surface area contributed by atoms with Crippen LogP contribution in [-0.4, -0.2) is 89.5 Å². The zero-order valence-electron chi connectivity index (χ0n) is 14.0. The number of hydrogen-bond acceptors (Lipinski definition) is 6. The number of nitrogens with one attached hydrogen (secondary N) is 1. The Morgan fingerprint density at radius 2 is 1.91 bits per heavy atom. The van der Waals surface area contributed by atoms with Gasteiger partial charge < -0.3 is 10.2 Å². The Labute approximate surface area is 139 Å². The maximum absolute atomic E-state index is 11.9. The molecule has 23 heavy (non-hydrogen) atoms. The zero-order chi connectivity index (χ0) is 17.7. The van der Waals surface area contributed by atoms with Gasteiger partial charge in [-0.1, -0.05) is 0 Å². The van der Waals surface area contributed by atoms with Gasteiger partial charge in [0.25, 0.3) is 0 Å². The van der Waals surface area contributed by atoms with Crippen LogP contribution >= 0.6 is 0 Å². The van der Waals surface area contributed by atoms with Gasteiger partial charge >= 0.3 is 0 Å². The SMILES string of the molecule is CN(C)CCCNC(=O)CCN(C1CCS(=O)(=O)C1)S(C)(=O)=O. The highest BCUT2D eigenvalue weighted by Gasteiger charge is 2.36. The average Bonchev–Trinajstić information content (AvgIpc) is 2.73. The van der Waals surface area contributed by atoms with Crippen molar-refractivity contribution in [3.05, 3.63) is 0 Å². The molecule has 1 atom stereocenters. The van der Waals surface area contributed by atoms with Gasteiger partial charge in [0.2, 0.25) is 15.9 Å². The second-order valence-corrected chi connectivity index (χ2v) is 10.4. The summed E-state index contributed by atoms with van der Waals surface area (Å²) in [6.45, 7) is 1.40. The Hall–Kier alpha value is -0.710. The summed E-state index contributed by atoms with van der Waals surface area (Å²) in [6, 6.07) is -0.559. The van der Waals surface area contributed by atoms with Crippen LogP contribution in [0.25, 0.3) is 0 Å². The summed E-state index contributed by atoms with van der Waals surface area (Å²) in [5, 5.41) is 2.75. The third kappa shape index (κ3) is 7.60. The van der Waals surface area contributed by atoms with Crippen LogP contribution in [-0.2, 0) is 24.7 Å². The van der Waals surface area contributed by atoms with E-state index in [2.05, 4.69) is 5.32 Å². The topological polar surface area (TPSA) is 104 Å². The lowest BCUT2D eigenvalue weighted by atomic mass is 10.2. The Morgan fingerprint density at radius 3 is 2.39 bits per heavy atom. The number of sulfonamides is 1. The van der Waals surface area contributed by atoms with E-state index in [1.807, 2.05) is 19.0 Å². The zero-order valence-corrected chi connectivity index (χ0v) is 15.6. The van der Waals surface area contributed by atoms with Crippen LogP contribution in [0, 0.1) is 0 Å². The van der Waals surface area contributed by atoms with Crippen LogP contribution in [0.4, 0.5) is 0 Å². The van der Waals surface area contributed by atoms with Crippen LogP contribution in [0.15, 0.2) is 0 Å². The molecule has 1 heterocycles. The fraction of sp³-hybridized carbons (Fsp3) is 0.923. The van der Waals surface area contributed by atoms with Gasteiger partial charge in [0.15, 0.2) is 9.84 Å². The van der Waals surface area contributed by atoms with Crippen molar-refractivity contribution in [3.63, 3.8) is 0 Å². The molecule has 1 aliphatic heterocycles. The third-order valence-electron chi connectivity index (χ3n) is 3.71. The van der Waals surface area contributed by atoms with Crippen molar-refractivity contribution < 1.29 is 21.6 Å². The monoisotopic (exact) mass is 369 g/mol. The molecule has 1 saturated heterocycles. The molecule has 0 aromatic heterocycles. The number of carbonyl (C=O) groups excluding carboxylic acids is 1. The van der Waals surface area contributed by atoms with Crippen LogP contribution in [0.3, 0.4) is 0 Å². The highest BCUT2D eigenvalue weighted by Crippen LogP contribution is 2.20. The third-order valence-corrected chi connectivity index (χ3v) is 6.79. The predicted octanol–water partition coefficient (Wildman–Crippen LogP) is -1.11. The van der Waals surface area contributed by atoms with Crippen molar-refractivity contribution in [1.82, 2.24) is 14.5 Å². The number of rotatable bonds is 9. The Bertz CT molecular complexity index is 601. The van der Waals surface area contributed by atoms with Crippen molar-refractivity contribution in [2.75, 3.05) is 51.5 Å².